The quantitative estimate of drug-likeness (QED) is 0.0211. The second kappa shape index (κ2) is 68.7. The molecule has 510 valence electrons. The lowest BCUT2D eigenvalue weighted by molar-refractivity contribution is -0.870. The molecule has 0 aliphatic heterocycles. The number of carbonyl (C=O) groups excluding carboxylic acids is 2. The van der Waals surface area contributed by atoms with Crippen LogP contribution in [0, 0.1) is 0 Å². The minimum absolute atomic E-state index is 0.0183. The van der Waals surface area contributed by atoms with Crippen LogP contribution >= 0.6 is 7.82 Å². The van der Waals surface area contributed by atoms with Crippen molar-refractivity contribution < 1.29 is 42.1 Å². The summed E-state index contributed by atoms with van der Waals surface area (Å²) in [6.07, 6.45) is 105. The maximum atomic E-state index is 12.9. The van der Waals surface area contributed by atoms with E-state index in [2.05, 4.69) is 184 Å². The fourth-order valence-electron chi connectivity index (χ4n) is 9.33. The van der Waals surface area contributed by atoms with Gasteiger partial charge in [-0.1, -0.05) is 300 Å². The zero-order valence-corrected chi connectivity index (χ0v) is 58.9. The Morgan fingerprint density at radius 3 is 0.889 bits per heavy atom. The molecule has 2 unspecified atom stereocenters. The number of quaternary nitrogens is 1. The zero-order valence-electron chi connectivity index (χ0n) is 58.1. The molecule has 0 aromatic rings. The van der Waals surface area contributed by atoms with Gasteiger partial charge < -0.3 is 18.9 Å². The first-order chi connectivity index (χ1) is 44.0. The van der Waals surface area contributed by atoms with E-state index >= 15 is 0 Å². The molecule has 0 heterocycles. The van der Waals surface area contributed by atoms with Crippen molar-refractivity contribution in [2.45, 2.75) is 277 Å². The average molecular weight is 1270 g/mol. The molecule has 0 radical (unpaired) electrons. The van der Waals surface area contributed by atoms with Crippen LogP contribution in [-0.2, 0) is 32.7 Å². The van der Waals surface area contributed by atoms with Gasteiger partial charge in [0.05, 0.1) is 27.7 Å². The average Bonchev–Trinajstić information content (AvgIpc) is 3.61. The number of nitrogens with zero attached hydrogens (tertiary/aromatic N) is 1. The van der Waals surface area contributed by atoms with Crippen LogP contribution in [-0.4, -0.2) is 74.9 Å². The third-order valence-corrected chi connectivity index (χ3v) is 15.7. The number of phosphoric acid groups is 1. The number of rotatable bonds is 64. The first-order valence-corrected chi connectivity index (χ1v) is 37.4. The molecule has 90 heavy (non-hydrogen) atoms. The molecule has 0 saturated heterocycles. The molecule has 0 aromatic carbocycles. The van der Waals surface area contributed by atoms with Crippen LogP contribution in [0.15, 0.2) is 170 Å². The van der Waals surface area contributed by atoms with E-state index in [4.69, 9.17) is 18.5 Å². The van der Waals surface area contributed by atoms with Crippen molar-refractivity contribution in [3.63, 3.8) is 0 Å². The Hall–Kier alpha value is -4.63. The minimum Gasteiger partial charge on any atom is -0.462 e. The molecule has 0 rings (SSSR count). The van der Waals surface area contributed by atoms with Crippen LogP contribution in [0.5, 0.6) is 0 Å². The monoisotopic (exact) mass is 1270 g/mol. The predicted molar refractivity (Wildman–Crippen MR) is 389 cm³/mol. The number of likely N-dealkylation sites (N-methyl/N-ethyl adjacent to an activating group) is 1. The van der Waals surface area contributed by atoms with Crippen LogP contribution in [0.25, 0.3) is 0 Å². The Morgan fingerprint density at radius 2 is 0.600 bits per heavy atom. The second-order valence-corrected chi connectivity index (χ2v) is 26.0. The summed E-state index contributed by atoms with van der Waals surface area (Å²) in [5, 5.41) is 0. The molecule has 9 nitrogen and oxygen atoms in total. The molecule has 2 atom stereocenters. The highest BCUT2D eigenvalue weighted by molar-refractivity contribution is 7.47. The highest BCUT2D eigenvalue weighted by Crippen LogP contribution is 2.43. The summed E-state index contributed by atoms with van der Waals surface area (Å²) in [4.78, 5) is 35.9. The normalized spacial score (nSPS) is 14.2. The summed E-state index contributed by atoms with van der Waals surface area (Å²) in [6, 6.07) is 0. The molecule has 0 bridgehead atoms. The molecule has 0 aromatic heterocycles. The van der Waals surface area contributed by atoms with Crippen molar-refractivity contribution in [3.8, 4) is 0 Å². The SMILES string of the molecule is CC/C=C\C/C=C\C/C=C\C/C=C\C/C=C\C/C=C\C/C=C\C/C=C\C/C=C\C/C=C\CCCCCCC(=O)OC(COC(=O)CCCCCCCCCCCCCCCCCCCC/C=C\C/C=C\C/C=C\C/C=C\CC)COP(=O)(O)OCC[N+](C)(C)C. The molecule has 0 fully saturated rings. The number of hydrogen-bond acceptors (Lipinski definition) is 7. The van der Waals surface area contributed by atoms with Gasteiger partial charge in [-0.15, -0.1) is 0 Å². The number of carbonyl (C=O) groups is 2. The lowest BCUT2D eigenvalue weighted by Crippen LogP contribution is -2.37. The molecular formula is C80H133NO8P+. The second-order valence-electron chi connectivity index (χ2n) is 24.5. The lowest BCUT2D eigenvalue weighted by atomic mass is 10.0. The smallest absolute Gasteiger partial charge is 0.462 e. The molecule has 1 N–H and O–H groups in total. The van der Waals surface area contributed by atoms with Gasteiger partial charge in [0.15, 0.2) is 6.10 Å². The van der Waals surface area contributed by atoms with E-state index in [1.807, 2.05) is 21.1 Å². The van der Waals surface area contributed by atoms with E-state index in [1.54, 1.807) is 0 Å². The molecule has 0 saturated carbocycles. The van der Waals surface area contributed by atoms with E-state index in [-0.39, 0.29) is 32.0 Å². The summed E-state index contributed by atoms with van der Waals surface area (Å²) in [6.45, 7) is 4.18. The third-order valence-electron chi connectivity index (χ3n) is 14.7. The van der Waals surface area contributed by atoms with Crippen molar-refractivity contribution in [1.29, 1.82) is 0 Å². The minimum atomic E-state index is -4.41. The molecule has 0 aliphatic carbocycles. The van der Waals surface area contributed by atoms with Crippen LogP contribution in [0.3, 0.4) is 0 Å². The number of hydrogen-bond donors (Lipinski definition) is 1. The summed E-state index contributed by atoms with van der Waals surface area (Å²) in [5.74, 6) is -0.832. The number of allylic oxidation sites excluding steroid dienone is 28. The maximum Gasteiger partial charge on any atom is 0.472 e. The topological polar surface area (TPSA) is 108 Å². The first kappa shape index (κ1) is 85.4. The summed E-state index contributed by atoms with van der Waals surface area (Å²) in [5.41, 5.74) is 0. The van der Waals surface area contributed by atoms with Gasteiger partial charge in [0.1, 0.15) is 19.8 Å². The third kappa shape index (κ3) is 72.4. The van der Waals surface area contributed by atoms with Crippen LogP contribution in [0.1, 0.15) is 271 Å². The number of ether oxygens (including phenoxy) is 2. The van der Waals surface area contributed by atoms with Gasteiger partial charge in [0.2, 0.25) is 0 Å². The molecular weight excluding hydrogens is 1130 g/mol. The highest BCUT2D eigenvalue weighted by Gasteiger charge is 2.27. The standard InChI is InChI=1S/C80H132NO8P/c1-6-8-10-12-14-16-18-20-22-24-26-28-30-32-34-36-38-39-40-41-43-45-47-49-51-53-55-57-59-61-63-65-67-69-71-73-80(83)89-78(77-88-90(84,85)87-75-74-81(3,4)5)76-86-79(82)72-70-68-66-64-62-60-58-56-54-52-50-48-46-44-42-37-35-33-31-29-27-25-23-21-19-17-15-13-11-9-7-2/h8-11,14-17,20-23,26-29,32,34,38-39,41,43,47,49,53,55,59,61,78H,6-7,12-13,18-19,24-25,30-31,33,35-37,40,42,44-46,48,50-52,54,56-58,60,62-77H2,1-5H3/p+1/b10-8-,11-9-,16-14-,17-15-,22-20-,23-21-,28-26-,29-27-,34-32-,39-38-,43-41-,49-47-,55-53-,61-59-. The van der Waals surface area contributed by atoms with E-state index in [9.17, 15) is 19.0 Å². The van der Waals surface area contributed by atoms with Gasteiger partial charge in [-0.2, -0.15) is 0 Å². The Morgan fingerprint density at radius 1 is 0.344 bits per heavy atom. The highest BCUT2D eigenvalue weighted by atomic mass is 31.2. The fourth-order valence-corrected chi connectivity index (χ4v) is 10.1. The van der Waals surface area contributed by atoms with Crippen molar-refractivity contribution in [2.75, 3.05) is 47.5 Å². The van der Waals surface area contributed by atoms with E-state index in [0.717, 1.165) is 135 Å². The Bertz CT molecular complexity index is 2130. The van der Waals surface area contributed by atoms with E-state index in [1.165, 1.54) is 103 Å². The van der Waals surface area contributed by atoms with Crippen molar-refractivity contribution in [2.24, 2.45) is 0 Å². The molecule has 0 spiro atoms. The lowest BCUT2D eigenvalue weighted by Gasteiger charge is -2.24. The fraction of sp³-hybridized carbons (Fsp3) is 0.625. The largest absolute Gasteiger partial charge is 0.472 e. The van der Waals surface area contributed by atoms with Gasteiger partial charge in [0, 0.05) is 12.8 Å². The van der Waals surface area contributed by atoms with Gasteiger partial charge in [0.25, 0.3) is 0 Å². The van der Waals surface area contributed by atoms with Crippen molar-refractivity contribution in [3.05, 3.63) is 170 Å². The number of phosphoric ester groups is 1. The maximum absolute atomic E-state index is 12.9. The van der Waals surface area contributed by atoms with E-state index in [0.29, 0.717) is 17.4 Å². The number of esters is 2. The summed E-state index contributed by atoms with van der Waals surface area (Å²) < 4.78 is 34.7. The molecule has 0 aliphatic rings. The molecule has 0 amide bonds. The summed E-state index contributed by atoms with van der Waals surface area (Å²) >= 11 is 0. The Labute approximate surface area is 553 Å². The Kier molecular flexibility index (Phi) is 65.2. The Balaban J connectivity index is 4.15. The molecule has 10 heteroatoms. The van der Waals surface area contributed by atoms with Crippen molar-refractivity contribution in [1.82, 2.24) is 0 Å². The first-order valence-electron chi connectivity index (χ1n) is 35.9. The van der Waals surface area contributed by atoms with Gasteiger partial charge in [-0.3, -0.25) is 18.6 Å². The summed E-state index contributed by atoms with van der Waals surface area (Å²) in [7, 11) is 1.44. The number of unbranched alkanes of at least 4 members (excludes halogenated alkanes) is 22. The zero-order chi connectivity index (χ0) is 65.5. The van der Waals surface area contributed by atoms with Gasteiger partial charge in [-0.25, -0.2) is 4.57 Å². The van der Waals surface area contributed by atoms with Gasteiger partial charge >= 0.3 is 19.8 Å². The predicted octanol–water partition coefficient (Wildman–Crippen LogP) is 23.7. The van der Waals surface area contributed by atoms with Crippen LogP contribution < -0.4 is 0 Å². The van der Waals surface area contributed by atoms with Crippen molar-refractivity contribution >= 4 is 19.8 Å². The van der Waals surface area contributed by atoms with Gasteiger partial charge in [-0.05, 0) is 128 Å². The van der Waals surface area contributed by atoms with E-state index < -0.39 is 26.5 Å². The van der Waals surface area contributed by atoms with Crippen LogP contribution in [0.4, 0.5) is 0 Å². The van der Waals surface area contributed by atoms with Crippen LogP contribution in [0.2, 0.25) is 0 Å².